The summed E-state index contributed by atoms with van der Waals surface area (Å²) in [5.41, 5.74) is 0.581. The van der Waals surface area contributed by atoms with E-state index in [1.165, 1.54) is 6.07 Å². The largest absolute Gasteiger partial charge is 0.465 e. The predicted octanol–water partition coefficient (Wildman–Crippen LogP) is 2.72. The van der Waals surface area contributed by atoms with Crippen LogP contribution in [-0.2, 0) is 11.3 Å². The van der Waals surface area contributed by atoms with Gasteiger partial charge in [-0.05, 0) is 62.6 Å². The van der Waals surface area contributed by atoms with E-state index in [4.69, 9.17) is 5.11 Å². The van der Waals surface area contributed by atoms with Gasteiger partial charge in [0.2, 0.25) is 5.91 Å². The van der Waals surface area contributed by atoms with Gasteiger partial charge < -0.3 is 25.3 Å². The summed E-state index contributed by atoms with van der Waals surface area (Å²) in [6.07, 6.45) is 4.29. The third-order valence-corrected chi connectivity index (χ3v) is 7.03. The lowest BCUT2D eigenvalue weighted by molar-refractivity contribution is -0.139. The number of likely N-dealkylation sites (tertiary alicyclic amines) is 1. The molecule has 2 heterocycles. The number of aliphatic hydroxyl groups is 1. The minimum atomic E-state index is -1.14. The molecule has 1 aliphatic carbocycles. The molecule has 8 heteroatoms. The van der Waals surface area contributed by atoms with Crippen molar-refractivity contribution in [3.8, 4) is 0 Å². The van der Waals surface area contributed by atoms with Crippen molar-refractivity contribution in [1.29, 1.82) is 0 Å². The number of halogens is 1. The number of piperidine rings is 1. The van der Waals surface area contributed by atoms with E-state index in [9.17, 15) is 19.1 Å². The van der Waals surface area contributed by atoms with E-state index < -0.39 is 11.5 Å². The van der Waals surface area contributed by atoms with Crippen molar-refractivity contribution in [3.63, 3.8) is 0 Å². The third kappa shape index (κ3) is 4.10. The van der Waals surface area contributed by atoms with Crippen molar-refractivity contribution in [2.45, 2.75) is 63.6 Å². The molecule has 0 bridgehead atoms. The van der Waals surface area contributed by atoms with Crippen molar-refractivity contribution in [1.82, 2.24) is 10.2 Å². The van der Waals surface area contributed by atoms with Gasteiger partial charge in [-0.25, -0.2) is 9.18 Å². The number of hydrogen-bond donors (Lipinski definition) is 3. The van der Waals surface area contributed by atoms with Gasteiger partial charge in [0.15, 0.2) is 0 Å². The zero-order valence-corrected chi connectivity index (χ0v) is 17.1. The zero-order chi connectivity index (χ0) is 21.3. The Hall–Kier alpha value is -2.35. The van der Waals surface area contributed by atoms with Gasteiger partial charge >= 0.3 is 6.09 Å². The first kappa shape index (κ1) is 20.9. The van der Waals surface area contributed by atoms with Gasteiger partial charge in [-0.1, -0.05) is 6.07 Å². The number of nitrogens with zero attached hydrogens (tertiary/aromatic N) is 2. The molecule has 164 valence electrons. The molecule has 2 amide bonds. The molecule has 2 saturated heterocycles. The summed E-state index contributed by atoms with van der Waals surface area (Å²) in [4.78, 5) is 28.0. The van der Waals surface area contributed by atoms with E-state index >= 15 is 0 Å². The lowest BCUT2D eigenvalue weighted by Gasteiger charge is -2.41. The Bertz CT molecular complexity index is 812. The third-order valence-electron chi connectivity index (χ3n) is 7.03. The molecule has 7 nitrogen and oxygen atoms in total. The Morgan fingerprint density at radius 1 is 1.20 bits per heavy atom. The quantitative estimate of drug-likeness (QED) is 0.698. The number of aliphatic hydroxyl groups excluding tert-OH is 1. The van der Waals surface area contributed by atoms with E-state index in [1.807, 2.05) is 9.80 Å². The van der Waals surface area contributed by atoms with Gasteiger partial charge in [0.1, 0.15) is 5.82 Å². The summed E-state index contributed by atoms with van der Waals surface area (Å²) in [5.74, 6) is -0.198. The summed E-state index contributed by atoms with van der Waals surface area (Å²) in [5, 5.41) is 20.7. The van der Waals surface area contributed by atoms with Crippen LogP contribution in [0.3, 0.4) is 0 Å². The average molecular weight is 419 g/mol. The van der Waals surface area contributed by atoms with Crippen molar-refractivity contribution < 1.29 is 24.2 Å². The van der Waals surface area contributed by atoms with Crippen molar-refractivity contribution >= 4 is 17.7 Å². The smallest absolute Gasteiger partial charge is 0.404 e. The minimum Gasteiger partial charge on any atom is -0.465 e. The summed E-state index contributed by atoms with van der Waals surface area (Å²) in [7, 11) is 0. The fraction of sp³-hybridized carbons (Fsp3) is 0.636. The molecule has 1 saturated carbocycles. The summed E-state index contributed by atoms with van der Waals surface area (Å²) >= 11 is 0. The van der Waals surface area contributed by atoms with Gasteiger partial charge in [0, 0.05) is 32.2 Å². The molecule has 0 aromatic heterocycles. The van der Waals surface area contributed by atoms with Gasteiger partial charge in [-0.15, -0.1) is 0 Å². The second-order valence-corrected chi connectivity index (χ2v) is 8.96. The van der Waals surface area contributed by atoms with E-state index in [2.05, 4.69) is 5.32 Å². The molecule has 30 heavy (non-hydrogen) atoms. The maximum atomic E-state index is 14.8. The normalized spacial score (nSPS) is 29.5. The van der Waals surface area contributed by atoms with E-state index in [1.54, 1.807) is 12.1 Å². The van der Waals surface area contributed by atoms with Crippen LogP contribution in [0.4, 0.5) is 14.9 Å². The second-order valence-electron chi connectivity index (χ2n) is 8.96. The molecule has 1 aromatic rings. The van der Waals surface area contributed by atoms with Crippen LogP contribution in [0.2, 0.25) is 0 Å². The number of benzene rings is 1. The first-order chi connectivity index (χ1) is 14.4. The van der Waals surface area contributed by atoms with Crippen molar-refractivity contribution in [3.05, 3.63) is 29.6 Å². The molecule has 3 N–H and O–H groups in total. The monoisotopic (exact) mass is 419 g/mol. The first-order valence-electron chi connectivity index (χ1n) is 10.9. The molecule has 1 spiro atoms. The van der Waals surface area contributed by atoms with Crippen LogP contribution in [0.15, 0.2) is 18.2 Å². The van der Waals surface area contributed by atoms with Crippen LogP contribution < -0.4 is 10.2 Å². The highest BCUT2D eigenvalue weighted by atomic mass is 19.1. The van der Waals surface area contributed by atoms with Gasteiger partial charge in [-0.2, -0.15) is 0 Å². The lowest BCUT2D eigenvalue weighted by Crippen LogP contribution is -2.50. The lowest BCUT2D eigenvalue weighted by atomic mass is 9.78. The molecular formula is C22H30FN3O4. The molecule has 1 atom stereocenters. The Kier molecular flexibility index (Phi) is 5.86. The Morgan fingerprint density at radius 3 is 2.67 bits per heavy atom. The zero-order valence-electron chi connectivity index (χ0n) is 17.1. The highest BCUT2D eigenvalue weighted by Gasteiger charge is 2.50. The van der Waals surface area contributed by atoms with Crippen LogP contribution in [0, 0.1) is 11.2 Å². The summed E-state index contributed by atoms with van der Waals surface area (Å²) < 4.78 is 14.8. The molecule has 2 aliphatic heterocycles. The van der Waals surface area contributed by atoms with Crippen molar-refractivity contribution in [2.75, 3.05) is 24.5 Å². The van der Waals surface area contributed by atoms with Crippen molar-refractivity contribution in [2.24, 2.45) is 5.41 Å². The number of carboxylic acid groups (broad SMARTS) is 1. The fourth-order valence-electron chi connectivity index (χ4n) is 5.38. The van der Waals surface area contributed by atoms with Crippen LogP contribution in [0.25, 0.3) is 0 Å². The molecular weight excluding hydrogens is 389 g/mol. The Balaban J connectivity index is 1.45. The van der Waals surface area contributed by atoms with Gasteiger partial charge in [0.25, 0.3) is 0 Å². The summed E-state index contributed by atoms with van der Waals surface area (Å²) in [6, 6.07) is 5.00. The van der Waals surface area contributed by atoms with Crippen LogP contribution in [0.1, 0.15) is 50.5 Å². The predicted molar refractivity (Wildman–Crippen MR) is 110 cm³/mol. The average Bonchev–Trinajstić information content (AvgIpc) is 3.03. The highest BCUT2D eigenvalue weighted by Crippen LogP contribution is 2.43. The first-order valence-corrected chi connectivity index (χ1v) is 10.9. The maximum Gasteiger partial charge on any atom is 0.404 e. The number of amides is 2. The van der Waals surface area contributed by atoms with Crippen LogP contribution in [0.5, 0.6) is 0 Å². The van der Waals surface area contributed by atoms with E-state index in [0.29, 0.717) is 24.3 Å². The number of carbonyl (C=O) groups excluding carboxylic acids is 1. The van der Waals surface area contributed by atoms with Gasteiger partial charge in [-0.3, -0.25) is 4.79 Å². The fourth-order valence-corrected chi connectivity index (χ4v) is 5.38. The molecule has 3 aliphatic rings. The molecule has 3 fully saturated rings. The molecule has 1 aromatic carbocycles. The van der Waals surface area contributed by atoms with E-state index in [-0.39, 0.29) is 30.4 Å². The number of nitrogens with one attached hydrogen (secondary N) is 1. The molecule has 0 unspecified atom stereocenters. The SMILES string of the molecule is O=C(O)NCc1ccc(N2CCC[C@@]3(CCN([C@H]4CC[C@H](O)CC4)C3=O)C2)c(F)c1. The van der Waals surface area contributed by atoms with E-state index in [0.717, 1.165) is 51.5 Å². The van der Waals surface area contributed by atoms with Crippen LogP contribution in [-0.4, -0.2) is 58.9 Å². The molecule has 0 radical (unpaired) electrons. The summed E-state index contributed by atoms with van der Waals surface area (Å²) in [6.45, 7) is 2.02. The topological polar surface area (TPSA) is 93.1 Å². The second kappa shape index (κ2) is 8.41. The van der Waals surface area contributed by atoms with Gasteiger partial charge in [0.05, 0.1) is 17.2 Å². The number of anilines is 1. The number of carbonyl (C=O) groups is 2. The van der Waals surface area contributed by atoms with Crippen LogP contribution >= 0.6 is 0 Å². The molecule has 4 rings (SSSR count). The minimum absolute atomic E-state index is 0.0556. The number of hydrogen-bond acceptors (Lipinski definition) is 4. The Labute approximate surface area is 175 Å². The maximum absolute atomic E-state index is 14.8. The Morgan fingerprint density at radius 2 is 1.97 bits per heavy atom. The standard InChI is InChI=1S/C22H30FN3O4/c23-18-12-15(13-24-21(29)30)2-7-19(18)25-10-1-8-22(14-25)9-11-26(20(22)28)16-3-5-17(27)6-4-16/h2,7,12,16-17,24,27H,1,3-6,8-11,13-14H2,(H,29,30)/t16-,17-,22-/m1/s1. The number of rotatable bonds is 4. The highest BCUT2D eigenvalue weighted by molar-refractivity contribution is 5.86.